The predicted octanol–water partition coefficient (Wildman–Crippen LogP) is 2.92. The van der Waals surface area contributed by atoms with Crippen LogP contribution in [0.25, 0.3) is 10.8 Å². The lowest BCUT2D eigenvalue weighted by Crippen LogP contribution is -2.27. The molecule has 0 bridgehead atoms. The van der Waals surface area contributed by atoms with Gasteiger partial charge in [0.15, 0.2) is 0 Å². The van der Waals surface area contributed by atoms with E-state index in [1.54, 1.807) is 0 Å². The summed E-state index contributed by atoms with van der Waals surface area (Å²) in [7, 11) is 0. The Kier molecular flexibility index (Phi) is 6.22. The number of amides is 1. The van der Waals surface area contributed by atoms with Gasteiger partial charge in [0.25, 0.3) is 0 Å². The zero-order valence-corrected chi connectivity index (χ0v) is 13.5. The minimum absolute atomic E-state index is 0. The summed E-state index contributed by atoms with van der Waals surface area (Å²) in [5.74, 6) is 0.849. The van der Waals surface area contributed by atoms with E-state index in [2.05, 4.69) is 34.9 Å². The Labute approximate surface area is 137 Å². The van der Waals surface area contributed by atoms with E-state index in [1.807, 2.05) is 18.2 Å². The van der Waals surface area contributed by atoms with E-state index in [9.17, 15) is 4.79 Å². The first-order chi connectivity index (χ1) is 10.3. The van der Waals surface area contributed by atoms with E-state index in [1.165, 1.54) is 17.2 Å². The topological polar surface area (TPSA) is 41.1 Å². The second-order valence-electron chi connectivity index (χ2n) is 5.86. The largest absolute Gasteiger partial charge is 0.356 e. The summed E-state index contributed by atoms with van der Waals surface area (Å²) in [6, 6.07) is 14.5. The van der Waals surface area contributed by atoms with E-state index in [-0.39, 0.29) is 18.3 Å². The average Bonchev–Trinajstić information content (AvgIpc) is 3.00. The highest BCUT2D eigenvalue weighted by molar-refractivity contribution is 5.85. The molecular weight excluding hydrogens is 296 g/mol. The third kappa shape index (κ3) is 4.46. The summed E-state index contributed by atoms with van der Waals surface area (Å²) in [6.45, 7) is 3.01. The smallest absolute Gasteiger partial charge is 0.224 e. The van der Waals surface area contributed by atoms with E-state index >= 15 is 0 Å². The van der Waals surface area contributed by atoms with Gasteiger partial charge in [0.05, 0.1) is 6.42 Å². The molecule has 1 aliphatic rings. The standard InChI is InChI=1S/C18H22N2O.ClH/c21-18(20-10-8-14-7-9-19-13-14)12-15-5-6-16-3-1-2-4-17(16)11-15;/h1-6,11,14,19H,7-10,12-13H2,(H,20,21);1H. The summed E-state index contributed by atoms with van der Waals surface area (Å²) in [6.07, 6.45) is 2.78. The van der Waals surface area contributed by atoms with Crippen molar-refractivity contribution in [1.29, 1.82) is 0 Å². The zero-order valence-electron chi connectivity index (χ0n) is 12.7. The molecule has 3 rings (SSSR count). The first-order valence-electron chi connectivity index (χ1n) is 7.76. The minimum atomic E-state index is 0. The molecule has 1 atom stereocenters. The normalized spacial score (nSPS) is 17.2. The van der Waals surface area contributed by atoms with Crippen molar-refractivity contribution in [2.24, 2.45) is 5.92 Å². The zero-order chi connectivity index (χ0) is 14.5. The number of rotatable bonds is 5. The van der Waals surface area contributed by atoms with Crippen molar-refractivity contribution in [3.8, 4) is 0 Å². The number of carbonyl (C=O) groups excluding carboxylic acids is 1. The van der Waals surface area contributed by atoms with E-state index in [0.717, 1.165) is 37.5 Å². The molecule has 22 heavy (non-hydrogen) atoms. The fourth-order valence-corrected chi connectivity index (χ4v) is 2.97. The Balaban J connectivity index is 0.00000176. The van der Waals surface area contributed by atoms with E-state index in [0.29, 0.717) is 6.42 Å². The number of fused-ring (bicyclic) bond motifs is 1. The molecule has 1 heterocycles. The van der Waals surface area contributed by atoms with Crippen molar-refractivity contribution >= 4 is 29.1 Å². The molecule has 2 aromatic carbocycles. The maximum absolute atomic E-state index is 12.0. The van der Waals surface area contributed by atoms with Crippen LogP contribution in [0.15, 0.2) is 42.5 Å². The Morgan fingerprint density at radius 1 is 1.18 bits per heavy atom. The van der Waals surface area contributed by atoms with Crippen LogP contribution >= 0.6 is 12.4 Å². The summed E-state index contributed by atoms with van der Waals surface area (Å²) < 4.78 is 0. The number of hydrogen-bond donors (Lipinski definition) is 2. The quantitative estimate of drug-likeness (QED) is 0.890. The van der Waals surface area contributed by atoms with Gasteiger partial charge in [-0.2, -0.15) is 0 Å². The molecule has 1 aliphatic heterocycles. The molecule has 1 saturated heterocycles. The van der Waals surface area contributed by atoms with Crippen LogP contribution in [0, 0.1) is 5.92 Å². The molecule has 0 spiro atoms. The predicted molar refractivity (Wildman–Crippen MR) is 93.5 cm³/mol. The first kappa shape index (κ1) is 16.8. The van der Waals surface area contributed by atoms with Crippen LogP contribution in [0.3, 0.4) is 0 Å². The van der Waals surface area contributed by atoms with Crippen LogP contribution in [-0.4, -0.2) is 25.5 Å². The summed E-state index contributed by atoms with van der Waals surface area (Å²) >= 11 is 0. The van der Waals surface area contributed by atoms with Crippen LogP contribution in [0.5, 0.6) is 0 Å². The lowest BCUT2D eigenvalue weighted by atomic mass is 10.0. The Morgan fingerprint density at radius 3 is 2.77 bits per heavy atom. The van der Waals surface area contributed by atoms with Crippen molar-refractivity contribution in [1.82, 2.24) is 10.6 Å². The molecule has 118 valence electrons. The van der Waals surface area contributed by atoms with Gasteiger partial charge in [-0.25, -0.2) is 0 Å². The van der Waals surface area contributed by atoms with Gasteiger partial charge in [-0.15, -0.1) is 12.4 Å². The number of benzene rings is 2. The Morgan fingerprint density at radius 2 is 2.00 bits per heavy atom. The van der Waals surface area contributed by atoms with Crippen LogP contribution in [0.1, 0.15) is 18.4 Å². The van der Waals surface area contributed by atoms with E-state index < -0.39 is 0 Å². The van der Waals surface area contributed by atoms with Crippen molar-refractivity contribution in [3.05, 3.63) is 48.0 Å². The maximum atomic E-state index is 12.0. The van der Waals surface area contributed by atoms with Gasteiger partial charge in [0.2, 0.25) is 5.91 Å². The van der Waals surface area contributed by atoms with Crippen LogP contribution in [0.2, 0.25) is 0 Å². The Bertz CT molecular complexity index is 623. The van der Waals surface area contributed by atoms with Gasteiger partial charge in [-0.05, 0) is 48.2 Å². The first-order valence-corrected chi connectivity index (χ1v) is 7.76. The number of carbonyl (C=O) groups is 1. The second-order valence-corrected chi connectivity index (χ2v) is 5.86. The minimum Gasteiger partial charge on any atom is -0.356 e. The third-order valence-corrected chi connectivity index (χ3v) is 4.22. The highest BCUT2D eigenvalue weighted by Crippen LogP contribution is 2.16. The van der Waals surface area contributed by atoms with Crippen LogP contribution < -0.4 is 10.6 Å². The number of nitrogens with one attached hydrogen (secondary N) is 2. The molecule has 2 N–H and O–H groups in total. The van der Waals surface area contributed by atoms with Gasteiger partial charge in [0.1, 0.15) is 0 Å². The molecule has 0 aromatic heterocycles. The molecule has 3 nitrogen and oxygen atoms in total. The van der Waals surface area contributed by atoms with Crippen molar-refractivity contribution in [3.63, 3.8) is 0 Å². The lowest BCUT2D eigenvalue weighted by molar-refractivity contribution is -0.120. The SMILES string of the molecule is Cl.O=C(Cc1ccc2ccccc2c1)NCCC1CCNC1. The Hall–Kier alpha value is -1.58. The van der Waals surface area contributed by atoms with Gasteiger partial charge >= 0.3 is 0 Å². The molecule has 4 heteroatoms. The van der Waals surface area contributed by atoms with Crippen molar-refractivity contribution < 1.29 is 4.79 Å². The lowest BCUT2D eigenvalue weighted by Gasteiger charge is -2.09. The molecule has 0 radical (unpaired) electrons. The molecular formula is C18H23ClN2O. The molecule has 2 aromatic rings. The second kappa shape index (κ2) is 8.16. The fraction of sp³-hybridized carbons (Fsp3) is 0.389. The maximum Gasteiger partial charge on any atom is 0.224 e. The van der Waals surface area contributed by atoms with Gasteiger partial charge < -0.3 is 10.6 Å². The summed E-state index contributed by atoms with van der Waals surface area (Å²) in [5.41, 5.74) is 1.08. The highest BCUT2D eigenvalue weighted by Gasteiger charge is 2.14. The van der Waals surface area contributed by atoms with Gasteiger partial charge in [-0.3, -0.25) is 4.79 Å². The highest BCUT2D eigenvalue weighted by atomic mass is 35.5. The molecule has 1 unspecified atom stereocenters. The van der Waals surface area contributed by atoms with E-state index in [4.69, 9.17) is 0 Å². The fourth-order valence-electron chi connectivity index (χ4n) is 2.97. The molecule has 1 amide bonds. The van der Waals surface area contributed by atoms with Crippen molar-refractivity contribution in [2.75, 3.05) is 19.6 Å². The molecule has 1 fully saturated rings. The molecule has 0 saturated carbocycles. The van der Waals surface area contributed by atoms with Crippen LogP contribution in [0.4, 0.5) is 0 Å². The number of halogens is 1. The average molecular weight is 319 g/mol. The monoisotopic (exact) mass is 318 g/mol. The van der Waals surface area contributed by atoms with Crippen molar-refractivity contribution in [2.45, 2.75) is 19.3 Å². The summed E-state index contributed by atoms with van der Waals surface area (Å²) in [4.78, 5) is 12.0. The number of hydrogen-bond acceptors (Lipinski definition) is 2. The van der Waals surface area contributed by atoms with Gasteiger partial charge in [-0.1, -0.05) is 42.5 Å². The summed E-state index contributed by atoms with van der Waals surface area (Å²) in [5, 5.41) is 8.81. The molecule has 0 aliphatic carbocycles. The third-order valence-electron chi connectivity index (χ3n) is 4.22. The van der Waals surface area contributed by atoms with Gasteiger partial charge in [0, 0.05) is 6.54 Å². The van der Waals surface area contributed by atoms with Crippen LogP contribution in [-0.2, 0) is 11.2 Å².